The number of hydrogen-bond donors (Lipinski definition) is 0. The van der Waals surface area contributed by atoms with Gasteiger partial charge in [-0.2, -0.15) is 0 Å². The molecule has 0 spiro atoms. The summed E-state index contributed by atoms with van der Waals surface area (Å²) < 4.78 is 24.2. The van der Waals surface area contributed by atoms with Gasteiger partial charge in [0.1, 0.15) is 0 Å². The number of allylic oxidation sites excluding steroid dienone is 5. The van der Waals surface area contributed by atoms with Crippen LogP contribution in [0.4, 0.5) is 0 Å². The molecule has 0 bridgehead atoms. The number of ether oxygens (including phenoxy) is 3. The van der Waals surface area contributed by atoms with Crippen LogP contribution in [0, 0.1) is 5.92 Å². The predicted octanol–water partition coefficient (Wildman–Crippen LogP) is 7.81. The second-order valence-corrected chi connectivity index (χ2v) is 16.3. The van der Waals surface area contributed by atoms with Gasteiger partial charge in [0.2, 0.25) is 0 Å². The maximum absolute atomic E-state index is 6.27. The van der Waals surface area contributed by atoms with Crippen LogP contribution in [0.1, 0.15) is 61.3 Å². The third-order valence-electron chi connectivity index (χ3n) is 6.90. The molecule has 1 fully saturated rings. The fraction of sp³-hybridized carbons (Fsp3) is 0.714. The summed E-state index contributed by atoms with van der Waals surface area (Å²) in [6, 6.07) is 0. The summed E-state index contributed by atoms with van der Waals surface area (Å²) in [4.78, 5) is 0. The van der Waals surface area contributed by atoms with Gasteiger partial charge in [0, 0.05) is 25.5 Å². The Bertz CT molecular complexity index is 718. The van der Waals surface area contributed by atoms with Gasteiger partial charge in [-0.05, 0) is 57.3 Å². The highest BCUT2D eigenvalue weighted by atomic mass is 35.5. The van der Waals surface area contributed by atoms with Crippen molar-refractivity contribution < 1.29 is 18.6 Å². The van der Waals surface area contributed by atoms with Crippen LogP contribution < -0.4 is 0 Å². The maximum Gasteiger partial charge on any atom is 0.191 e. The molecule has 0 unspecified atom stereocenters. The fourth-order valence-electron chi connectivity index (χ4n) is 3.66. The van der Waals surface area contributed by atoms with Crippen molar-refractivity contribution in [3.8, 4) is 0 Å². The maximum atomic E-state index is 6.27. The molecular formula is C28H49ClO4Si. The van der Waals surface area contributed by atoms with Crippen molar-refractivity contribution in [1.82, 2.24) is 0 Å². The first-order chi connectivity index (χ1) is 15.7. The molecule has 0 aromatic heterocycles. The Hall–Kier alpha value is -0.693. The van der Waals surface area contributed by atoms with Gasteiger partial charge < -0.3 is 18.6 Å². The van der Waals surface area contributed by atoms with Crippen molar-refractivity contribution in [2.24, 2.45) is 5.92 Å². The van der Waals surface area contributed by atoms with E-state index in [1.54, 1.807) is 7.11 Å². The first kappa shape index (κ1) is 31.3. The van der Waals surface area contributed by atoms with E-state index in [1.807, 2.05) is 38.2 Å². The minimum atomic E-state index is -1.71. The van der Waals surface area contributed by atoms with E-state index in [2.05, 4.69) is 65.9 Å². The van der Waals surface area contributed by atoms with Crippen LogP contribution in [0.15, 0.2) is 48.1 Å². The average molecular weight is 513 g/mol. The van der Waals surface area contributed by atoms with E-state index in [0.29, 0.717) is 5.88 Å². The number of alkyl halides is 1. The lowest BCUT2D eigenvalue weighted by molar-refractivity contribution is -0.310. The molecule has 0 radical (unpaired) electrons. The zero-order valence-electron chi connectivity index (χ0n) is 23.2. The van der Waals surface area contributed by atoms with Gasteiger partial charge in [-0.25, -0.2) is 0 Å². The van der Waals surface area contributed by atoms with Crippen molar-refractivity contribution in [2.75, 3.05) is 19.6 Å². The van der Waals surface area contributed by atoms with Crippen LogP contribution in [0.25, 0.3) is 0 Å². The Morgan fingerprint density at radius 2 is 1.76 bits per heavy atom. The summed E-state index contributed by atoms with van der Waals surface area (Å²) in [5, 5.41) is 0.227. The molecular weight excluding hydrogens is 464 g/mol. The zero-order chi connectivity index (χ0) is 26.0. The molecule has 1 aliphatic heterocycles. The van der Waals surface area contributed by atoms with Crippen molar-refractivity contribution >= 4 is 19.9 Å². The van der Waals surface area contributed by atoms with Crippen molar-refractivity contribution in [1.29, 1.82) is 0 Å². The summed E-state index contributed by atoms with van der Waals surface area (Å²) >= 11 is 5.90. The van der Waals surface area contributed by atoms with Gasteiger partial charge in [0.05, 0.1) is 18.3 Å². The van der Waals surface area contributed by atoms with E-state index in [1.165, 1.54) is 5.57 Å². The quantitative estimate of drug-likeness (QED) is 0.116. The fourth-order valence-corrected chi connectivity index (χ4v) is 4.97. The first-order valence-electron chi connectivity index (χ1n) is 12.5. The minimum absolute atomic E-state index is 0.0194. The van der Waals surface area contributed by atoms with Crippen LogP contribution in [0.3, 0.4) is 0 Å². The molecule has 1 saturated heterocycles. The highest BCUT2D eigenvalue weighted by molar-refractivity contribution is 6.74. The normalized spacial score (nSPS) is 25.6. The molecule has 1 aliphatic rings. The van der Waals surface area contributed by atoms with E-state index >= 15 is 0 Å². The van der Waals surface area contributed by atoms with Gasteiger partial charge in [-0.3, -0.25) is 0 Å². The molecule has 0 aliphatic carbocycles. The van der Waals surface area contributed by atoms with E-state index in [0.717, 1.165) is 19.4 Å². The zero-order valence-corrected chi connectivity index (χ0v) is 24.9. The lowest BCUT2D eigenvalue weighted by atomic mass is 9.89. The molecule has 4 atom stereocenters. The Morgan fingerprint density at radius 3 is 2.35 bits per heavy atom. The second-order valence-electron chi connectivity index (χ2n) is 11.2. The Labute approximate surface area is 215 Å². The molecule has 6 heteroatoms. The van der Waals surface area contributed by atoms with Crippen LogP contribution in [-0.4, -0.2) is 52.0 Å². The van der Waals surface area contributed by atoms with Gasteiger partial charge in [-0.15, -0.1) is 11.6 Å². The van der Waals surface area contributed by atoms with Crippen LogP contribution in [0.2, 0.25) is 18.1 Å². The van der Waals surface area contributed by atoms with E-state index < -0.39 is 14.1 Å². The van der Waals surface area contributed by atoms with Crippen molar-refractivity contribution in [3.63, 3.8) is 0 Å². The molecule has 4 nitrogen and oxygen atoms in total. The Balaban J connectivity index is 2.54. The highest BCUT2D eigenvalue weighted by Crippen LogP contribution is 2.37. The molecule has 34 heavy (non-hydrogen) atoms. The van der Waals surface area contributed by atoms with Gasteiger partial charge in [0.25, 0.3) is 0 Å². The predicted molar refractivity (Wildman–Crippen MR) is 148 cm³/mol. The molecule has 0 aromatic rings. The minimum Gasteiger partial charge on any atom is -0.417 e. The van der Waals surface area contributed by atoms with E-state index in [9.17, 15) is 0 Å². The van der Waals surface area contributed by atoms with E-state index in [-0.39, 0.29) is 29.3 Å². The lowest BCUT2D eigenvalue weighted by Gasteiger charge is -2.45. The lowest BCUT2D eigenvalue weighted by Crippen LogP contribution is -2.50. The second kappa shape index (κ2) is 14.1. The summed E-state index contributed by atoms with van der Waals surface area (Å²) in [5.41, 5.74) is 1.17. The van der Waals surface area contributed by atoms with Crippen LogP contribution >= 0.6 is 11.6 Å². The van der Waals surface area contributed by atoms with Crippen molar-refractivity contribution in [2.45, 2.75) is 104 Å². The van der Waals surface area contributed by atoms with Crippen molar-refractivity contribution in [3.05, 3.63) is 48.1 Å². The number of methoxy groups -OCH3 is 1. The Morgan fingerprint density at radius 1 is 1.12 bits per heavy atom. The SMILES string of the molecule is CO[C@@H](/C=C/C=C/C=C/C[C@@H]1OC(C)(C)O[C@@H](/C(C)=C/CCl)[C@H]1C)CCO[Si](C)(C)C(C)(C)C. The molecule has 196 valence electrons. The summed E-state index contributed by atoms with van der Waals surface area (Å²) in [6.07, 6.45) is 16.3. The third kappa shape index (κ3) is 10.5. The molecule has 1 heterocycles. The first-order valence-corrected chi connectivity index (χ1v) is 15.9. The monoisotopic (exact) mass is 512 g/mol. The summed E-state index contributed by atoms with van der Waals surface area (Å²) in [7, 11) is 0.0378. The van der Waals surface area contributed by atoms with E-state index in [4.69, 9.17) is 30.2 Å². The van der Waals surface area contributed by atoms with Gasteiger partial charge >= 0.3 is 0 Å². The van der Waals surface area contributed by atoms with Gasteiger partial charge in [-0.1, -0.05) is 70.2 Å². The number of halogens is 1. The molecule has 1 rings (SSSR count). The molecule has 0 saturated carbocycles. The van der Waals surface area contributed by atoms with Crippen LogP contribution in [0.5, 0.6) is 0 Å². The molecule has 0 N–H and O–H groups in total. The highest BCUT2D eigenvalue weighted by Gasteiger charge is 2.41. The number of rotatable bonds is 12. The standard InChI is InChI=1S/C28H49ClO4Si/c1-22(18-20-29)26-23(2)25(32-28(6,7)33-26)17-15-13-11-12-14-16-24(30-8)19-21-31-34(9,10)27(3,4)5/h11-16,18,23-26H,17,19-21H2,1-10H3/b12-11+,15-13+,16-14+,22-18+/t23-,24-,25-,26-/m0/s1. The average Bonchev–Trinajstić information content (AvgIpc) is 2.72. The smallest absolute Gasteiger partial charge is 0.191 e. The molecule has 0 amide bonds. The largest absolute Gasteiger partial charge is 0.417 e. The number of hydrogen-bond acceptors (Lipinski definition) is 4. The van der Waals surface area contributed by atoms with Gasteiger partial charge in [0.15, 0.2) is 14.1 Å². The Kier molecular flexibility index (Phi) is 13.0. The summed E-state index contributed by atoms with van der Waals surface area (Å²) in [6.45, 7) is 20.3. The third-order valence-corrected chi connectivity index (χ3v) is 11.6. The molecule has 0 aromatic carbocycles. The van der Waals surface area contributed by atoms with Crippen LogP contribution in [-0.2, 0) is 18.6 Å². The summed E-state index contributed by atoms with van der Waals surface area (Å²) in [5.74, 6) is 0.131. The topological polar surface area (TPSA) is 36.9 Å².